The zero-order chi connectivity index (χ0) is 15.7. The zero-order valence-corrected chi connectivity index (χ0v) is 12.1. The van der Waals surface area contributed by atoms with Crippen molar-refractivity contribution in [3.05, 3.63) is 12.7 Å². The van der Waals surface area contributed by atoms with Crippen LogP contribution in [0.4, 0.5) is 10.2 Å². The lowest BCUT2D eigenvalue weighted by Gasteiger charge is -2.15. The summed E-state index contributed by atoms with van der Waals surface area (Å²) in [5.74, 6) is 0.568. The molecule has 0 radical (unpaired) electrons. The predicted octanol–water partition coefficient (Wildman–Crippen LogP) is 0.237. The maximum absolute atomic E-state index is 14.2. The number of aliphatic hydroxyl groups is 2. The quantitative estimate of drug-likeness (QED) is 0.726. The Balaban J connectivity index is 1.95. The van der Waals surface area contributed by atoms with E-state index in [-0.39, 0.29) is 0 Å². The van der Waals surface area contributed by atoms with E-state index in [1.54, 1.807) is 0 Å². The van der Waals surface area contributed by atoms with Crippen LogP contribution in [-0.4, -0.2) is 61.3 Å². The van der Waals surface area contributed by atoms with Crippen molar-refractivity contribution in [3.8, 4) is 0 Å². The minimum absolute atomic E-state index is 0.409. The lowest BCUT2D eigenvalue weighted by Crippen LogP contribution is -2.30. The van der Waals surface area contributed by atoms with E-state index in [0.717, 1.165) is 13.0 Å². The molecule has 2 aromatic heterocycles. The maximum atomic E-state index is 14.2. The topological polar surface area (TPSA) is 105 Å². The van der Waals surface area contributed by atoms with E-state index < -0.39 is 31.2 Å². The number of ether oxygens (including phenoxy) is 1. The van der Waals surface area contributed by atoms with Crippen molar-refractivity contribution in [2.24, 2.45) is 0 Å². The summed E-state index contributed by atoms with van der Waals surface area (Å²) >= 11 is 0. The third kappa shape index (κ3) is 2.40. The van der Waals surface area contributed by atoms with Crippen LogP contribution in [-0.2, 0) is 4.74 Å². The van der Waals surface area contributed by atoms with Crippen LogP contribution in [0.25, 0.3) is 11.2 Å². The van der Waals surface area contributed by atoms with E-state index >= 15 is 0 Å². The fourth-order valence-electron chi connectivity index (χ4n) is 2.49. The normalized spacial score (nSPS) is 28.4. The Labute approximate surface area is 126 Å². The molecule has 9 heteroatoms. The van der Waals surface area contributed by atoms with Crippen molar-refractivity contribution in [1.82, 2.24) is 19.5 Å². The number of nitrogens with zero attached hydrogens (tertiary/aromatic N) is 4. The van der Waals surface area contributed by atoms with Crippen molar-refractivity contribution < 1.29 is 19.3 Å². The first-order valence-electron chi connectivity index (χ1n) is 7.17. The number of aliphatic hydroxyl groups excluding tert-OH is 2. The van der Waals surface area contributed by atoms with E-state index in [2.05, 4.69) is 20.3 Å². The third-order valence-electron chi connectivity index (χ3n) is 3.65. The number of anilines is 1. The van der Waals surface area contributed by atoms with E-state index in [1.807, 2.05) is 6.92 Å². The Bertz CT molecular complexity index is 652. The highest BCUT2D eigenvalue weighted by molar-refractivity contribution is 5.82. The van der Waals surface area contributed by atoms with Gasteiger partial charge in [-0.1, -0.05) is 6.92 Å². The molecule has 3 N–H and O–H groups in total. The molecule has 3 heterocycles. The van der Waals surface area contributed by atoms with Gasteiger partial charge < -0.3 is 20.3 Å². The largest absolute Gasteiger partial charge is 0.394 e. The van der Waals surface area contributed by atoms with Crippen molar-refractivity contribution in [2.45, 2.75) is 38.0 Å². The minimum Gasteiger partial charge on any atom is -0.394 e. The molecule has 0 unspecified atom stereocenters. The van der Waals surface area contributed by atoms with Crippen LogP contribution < -0.4 is 5.32 Å². The number of imidazole rings is 1. The average Bonchev–Trinajstić information content (AvgIpc) is 3.08. The van der Waals surface area contributed by atoms with Gasteiger partial charge in [-0.2, -0.15) is 0 Å². The summed E-state index contributed by atoms with van der Waals surface area (Å²) in [5, 5.41) is 22.0. The molecule has 0 saturated carbocycles. The number of rotatable bonds is 5. The number of nitrogens with one attached hydrogen (secondary N) is 1. The Morgan fingerprint density at radius 2 is 2.23 bits per heavy atom. The Morgan fingerprint density at radius 1 is 1.41 bits per heavy atom. The molecular weight excluding hydrogens is 293 g/mol. The van der Waals surface area contributed by atoms with Crippen molar-refractivity contribution in [3.63, 3.8) is 0 Å². The number of halogens is 1. The lowest BCUT2D eigenvalue weighted by atomic mass is 10.1. The molecule has 1 aliphatic rings. The van der Waals surface area contributed by atoms with E-state index in [1.165, 1.54) is 17.2 Å². The van der Waals surface area contributed by atoms with Gasteiger partial charge in [0.2, 0.25) is 0 Å². The fraction of sp³-hybridized carbons (Fsp3) is 0.615. The first-order chi connectivity index (χ1) is 10.7. The molecule has 1 saturated heterocycles. The number of alkyl halides is 1. The van der Waals surface area contributed by atoms with Gasteiger partial charge in [-0.3, -0.25) is 4.57 Å². The predicted molar refractivity (Wildman–Crippen MR) is 76.0 cm³/mol. The number of fused-ring (bicyclic) bond motifs is 1. The van der Waals surface area contributed by atoms with Crippen molar-refractivity contribution >= 4 is 17.0 Å². The second-order valence-corrected chi connectivity index (χ2v) is 5.16. The van der Waals surface area contributed by atoms with Gasteiger partial charge in [-0.15, -0.1) is 0 Å². The second-order valence-electron chi connectivity index (χ2n) is 5.16. The summed E-state index contributed by atoms with van der Waals surface area (Å²) in [6.07, 6.45) is -1.40. The molecule has 4 atom stereocenters. The van der Waals surface area contributed by atoms with Gasteiger partial charge in [0.15, 0.2) is 29.4 Å². The van der Waals surface area contributed by atoms with Crippen LogP contribution in [0, 0.1) is 0 Å². The van der Waals surface area contributed by atoms with Gasteiger partial charge >= 0.3 is 0 Å². The van der Waals surface area contributed by atoms with Crippen LogP contribution in [0.15, 0.2) is 12.7 Å². The summed E-state index contributed by atoms with van der Waals surface area (Å²) < 4.78 is 21.0. The van der Waals surface area contributed by atoms with Crippen LogP contribution in [0.3, 0.4) is 0 Å². The molecule has 22 heavy (non-hydrogen) atoms. The number of hydrogen-bond acceptors (Lipinski definition) is 7. The molecule has 1 fully saturated rings. The molecule has 0 aliphatic carbocycles. The van der Waals surface area contributed by atoms with E-state index in [0.29, 0.717) is 17.0 Å². The molecule has 0 bridgehead atoms. The van der Waals surface area contributed by atoms with Crippen molar-refractivity contribution in [1.29, 1.82) is 0 Å². The summed E-state index contributed by atoms with van der Waals surface area (Å²) in [5.41, 5.74) is 0.917. The van der Waals surface area contributed by atoms with Gasteiger partial charge in [0.05, 0.1) is 12.9 Å². The monoisotopic (exact) mass is 311 g/mol. The molecule has 8 nitrogen and oxygen atoms in total. The van der Waals surface area contributed by atoms with Gasteiger partial charge in [0.25, 0.3) is 0 Å². The summed E-state index contributed by atoms with van der Waals surface area (Å²) in [6.45, 7) is 2.30. The lowest BCUT2D eigenvalue weighted by molar-refractivity contribution is -0.0459. The van der Waals surface area contributed by atoms with Gasteiger partial charge in [0.1, 0.15) is 18.5 Å². The van der Waals surface area contributed by atoms with E-state index in [9.17, 15) is 9.50 Å². The standard InChI is InChI=1S/C13H18FN5O3/c1-2-3-15-11-9-12(17-5-16-11)19(6-18-9)13-8(14)10(21)7(4-20)22-13/h5-8,10,13,20-21H,2-4H2,1H3,(H,15,16,17)/t7-,8-,10-,13-/m1/s1. The Morgan fingerprint density at radius 3 is 2.91 bits per heavy atom. The highest BCUT2D eigenvalue weighted by atomic mass is 19.1. The van der Waals surface area contributed by atoms with Gasteiger partial charge in [0, 0.05) is 6.54 Å². The first-order valence-corrected chi connectivity index (χ1v) is 7.17. The van der Waals surface area contributed by atoms with E-state index in [4.69, 9.17) is 9.84 Å². The first kappa shape index (κ1) is 15.1. The third-order valence-corrected chi connectivity index (χ3v) is 3.65. The minimum atomic E-state index is -1.67. The molecule has 1 aliphatic heterocycles. The summed E-state index contributed by atoms with van der Waals surface area (Å²) in [6, 6.07) is 0. The number of hydrogen-bond donors (Lipinski definition) is 3. The number of aromatic nitrogens is 4. The smallest absolute Gasteiger partial charge is 0.173 e. The van der Waals surface area contributed by atoms with Crippen molar-refractivity contribution in [2.75, 3.05) is 18.5 Å². The maximum Gasteiger partial charge on any atom is 0.173 e. The molecule has 120 valence electrons. The SMILES string of the molecule is CCCNc1ncnc2c1ncn2[C@@H]1O[C@H](CO)[C@@H](O)[C@H]1F. The molecule has 0 spiro atoms. The van der Waals surface area contributed by atoms with Gasteiger partial charge in [-0.25, -0.2) is 19.3 Å². The highest BCUT2D eigenvalue weighted by Gasteiger charge is 2.45. The van der Waals surface area contributed by atoms with Crippen LogP contribution in [0.5, 0.6) is 0 Å². The molecule has 0 aromatic carbocycles. The van der Waals surface area contributed by atoms with Crippen LogP contribution in [0.1, 0.15) is 19.6 Å². The fourth-order valence-corrected chi connectivity index (χ4v) is 2.49. The average molecular weight is 311 g/mol. The van der Waals surface area contributed by atoms with Gasteiger partial charge in [-0.05, 0) is 6.42 Å². The summed E-state index contributed by atoms with van der Waals surface area (Å²) in [7, 11) is 0. The Kier molecular flexibility index (Phi) is 4.19. The molecule has 3 rings (SSSR count). The zero-order valence-electron chi connectivity index (χ0n) is 12.1. The van der Waals surface area contributed by atoms with Crippen LogP contribution >= 0.6 is 0 Å². The molecule has 0 amide bonds. The molecular formula is C13H18FN5O3. The van der Waals surface area contributed by atoms with Crippen LogP contribution in [0.2, 0.25) is 0 Å². The summed E-state index contributed by atoms with van der Waals surface area (Å²) in [4.78, 5) is 12.5. The Hall–Kier alpha value is -1.84. The highest BCUT2D eigenvalue weighted by Crippen LogP contribution is 2.33. The molecule has 2 aromatic rings. The second kappa shape index (κ2) is 6.11.